The standard InChI is InChI=1S/C23H26N2O3/c1-14(2)18-6-5-7-19(15(3)4)22(18)24-23(28)16-8-10-17(11-9-16)25-20(26)12-13-21(25)27/h5-11,14-15H,12-13H2,1-4H3,(H,24,28). The Kier molecular flexibility index (Phi) is 5.63. The SMILES string of the molecule is CC(C)c1cccc(C(C)C)c1NC(=O)c1ccc(N2C(=O)CCC2=O)cc1. The lowest BCUT2D eigenvalue weighted by Crippen LogP contribution is -2.28. The highest BCUT2D eigenvalue weighted by Crippen LogP contribution is 2.33. The van der Waals surface area contributed by atoms with Crippen molar-refractivity contribution < 1.29 is 14.4 Å². The van der Waals surface area contributed by atoms with Crippen molar-refractivity contribution in [3.63, 3.8) is 0 Å². The van der Waals surface area contributed by atoms with Crippen molar-refractivity contribution in [2.24, 2.45) is 0 Å². The zero-order valence-electron chi connectivity index (χ0n) is 16.8. The van der Waals surface area contributed by atoms with Gasteiger partial charge in [-0.15, -0.1) is 0 Å². The molecule has 0 atom stereocenters. The number of carbonyl (C=O) groups excluding carboxylic acids is 3. The summed E-state index contributed by atoms with van der Waals surface area (Å²) in [5.74, 6) is -0.0444. The van der Waals surface area contributed by atoms with Crippen molar-refractivity contribution >= 4 is 29.1 Å². The molecule has 1 saturated heterocycles. The van der Waals surface area contributed by atoms with Crippen LogP contribution in [-0.4, -0.2) is 17.7 Å². The third-order valence-corrected chi connectivity index (χ3v) is 5.05. The largest absolute Gasteiger partial charge is 0.321 e. The van der Waals surface area contributed by atoms with Crippen LogP contribution in [0.15, 0.2) is 42.5 Å². The highest BCUT2D eigenvalue weighted by atomic mass is 16.2. The Hall–Kier alpha value is -2.95. The molecule has 5 heteroatoms. The van der Waals surface area contributed by atoms with E-state index in [-0.39, 0.29) is 42.4 Å². The molecule has 3 amide bonds. The van der Waals surface area contributed by atoms with Crippen molar-refractivity contribution in [1.29, 1.82) is 0 Å². The van der Waals surface area contributed by atoms with Gasteiger partial charge in [0.1, 0.15) is 0 Å². The molecular weight excluding hydrogens is 352 g/mol. The quantitative estimate of drug-likeness (QED) is 0.757. The molecule has 5 nitrogen and oxygen atoms in total. The lowest BCUT2D eigenvalue weighted by atomic mass is 9.92. The predicted octanol–water partition coefficient (Wildman–Crippen LogP) is 4.84. The summed E-state index contributed by atoms with van der Waals surface area (Å²) < 4.78 is 0. The monoisotopic (exact) mass is 378 g/mol. The molecule has 0 aliphatic carbocycles. The number of imide groups is 1. The van der Waals surface area contributed by atoms with E-state index >= 15 is 0 Å². The van der Waals surface area contributed by atoms with Gasteiger partial charge in [-0.2, -0.15) is 0 Å². The Morgan fingerprint density at radius 1 is 0.857 bits per heavy atom. The van der Waals surface area contributed by atoms with E-state index in [1.54, 1.807) is 24.3 Å². The summed E-state index contributed by atoms with van der Waals surface area (Å²) in [5.41, 5.74) is 4.06. The minimum Gasteiger partial charge on any atom is -0.321 e. The molecule has 0 bridgehead atoms. The van der Waals surface area contributed by atoms with Gasteiger partial charge in [0.15, 0.2) is 0 Å². The van der Waals surface area contributed by atoms with Crippen molar-refractivity contribution in [3.8, 4) is 0 Å². The van der Waals surface area contributed by atoms with E-state index in [1.165, 1.54) is 4.90 Å². The van der Waals surface area contributed by atoms with Gasteiger partial charge < -0.3 is 5.32 Å². The van der Waals surface area contributed by atoms with Crippen LogP contribution in [-0.2, 0) is 9.59 Å². The maximum atomic E-state index is 12.9. The van der Waals surface area contributed by atoms with Crippen molar-refractivity contribution in [2.45, 2.75) is 52.4 Å². The highest BCUT2D eigenvalue weighted by Gasteiger charge is 2.30. The van der Waals surface area contributed by atoms with E-state index in [0.717, 1.165) is 16.8 Å². The molecule has 1 heterocycles. The van der Waals surface area contributed by atoms with Crippen LogP contribution >= 0.6 is 0 Å². The van der Waals surface area contributed by atoms with Crippen molar-refractivity contribution in [3.05, 3.63) is 59.2 Å². The summed E-state index contributed by atoms with van der Waals surface area (Å²) in [5, 5.41) is 3.08. The number of benzene rings is 2. The van der Waals surface area contributed by atoms with Crippen LogP contribution in [0.4, 0.5) is 11.4 Å². The number of amides is 3. The summed E-state index contributed by atoms with van der Waals surface area (Å²) in [4.78, 5) is 37.8. The summed E-state index contributed by atoms with van der Waals surface area (Å²) in [6.07, 6.45) is 0.482. The third kappa shape index (κ3) is 3.84. The Bertz CT molecular complexity index is 872. The number of nitrogens with one attached hydrogen (secondary N) is 1. The van der Waals surface area contributed by atoms with Crippen LogP contribution < -0.4 is 10.2 Å². The molecule has 3 rings (SSSR count). The number of nitrogens with zero attached hydrogens (tertiary/aromatic N) is 1. The fourth-order valence-corrected chi connectivity index (χ4v) is 3.51. The number of rotatable bonds is 5. The van der Waals surface area contributed by atoms with E-state index in [9.17, 15) is 14.4 Å². The Balaban J connectivity index is 1.86. The van der Waals surface area contributed by atoms with Gasteiger partial charge in [0, 0.05) is 24.1 Å². The minimum atomic E-state index is -0.208. The molecular formula is C23H26N2O3. The second kappa shape index (κ2) is 7.97. The van der Waals surface area contributed by atoms with E-state index < -0.39 is 0 Å². The molecule has 28 heavy (non-hydrogen) atoms. The lowest BCUT2D eigenvalue weighted by Gasteiger charge is -2.20. The summed E-state index contributed by atoms with van der Waals surface area (Å²) in [7, 11) is 0. The van der Waals surface area contributed by atoms with Gasteiger partial charge >= 0.3 is 0 Å². The van der Waals surface area contributed by atoms with Gasteiger partial charge in [0.05, 0.1) is 5.69 Å². The molecule has 1 N–H and O–H groups in total. The molecule has 2 aromatic rings. The second-order valence-corrected chi connectivity index (χ2v) is 7.74. The average molecular weight is 378 g/mol. The van der Waals surface area contributed by atoms with Crippen molar-refractivity contribution in [1.82, 2.24) is 0 Å². The van der Waals surface area contributed by atoms with Crippen LogP contribution in [0.5, 0.6) is 0 Å². The van der Waals surface area contributed by atoms with Gasteiger partial charge in [-0.05, 0) is 47.2 Å². The zero-order chi connectivity index (χ0) is 20.4. The maximum Gasteiger partial charge on any atom is 0.255 e. The number of para-hydroxylation sites is 1. The lowest BCUT2D eigenvalue weighted by molar-refractivity contribution is -0.121. The molecule has 1 aliphatic rings. The number of anilines is 2. The van der Waals surface area contributed by atoms with Crippen molar-refractivity contribution in [2.75, 3.05) is 10.2 Å². The highest BCUT2D eigenvalue weighted by molar-refractivity contribution is 6.20. The molecule has 146 valence electrons. The molecule has 1 fully saturated rings. The number of carbonyl (C=O) groups is 3. The normalized spacial score (nSPS) is 14.3. The van der Waals surface area contributed by atoms with E-state index in [1.807, 2.05) is 18.2 Å². The smallest absolute Gasteiger partial charge is 0.255 e. The van der Waals surface area contributed by atoms with E-state index in [0.29, 0.717) is 11.3 Å². The first-order valence-electron chi connectivity index (χ1n) is 9.69. The Labute approximate surface area is 165 Å². The molecule has 2 aromatic carbocycles. The molecule has 0 aromatic heterocycles. The topological polar surface area (TPSA) is 66.5 Å². The van der Waals surface area contributed by atoms with Crippen LogP contribution in [0, 0.1) is 0 Å². The first kappa shape index (κ1) is 19.8. The molecule has 0 radical (unpaired) electrons. The summed E-state index contributed by atoms with van der Waals surface area (Å²) >= 11 is 0. The van der Waals surface area contributed by atoms with Crippen LogP contribution in [0.3, 0.4) is 0 Å². The van der Waals surface area contributed by atoms with Crippen LogP contribution in [0.25, 0.3) is 0 Å². The fourth-order valence-electron chi connectivity index (χ4n) is 3.51. The van der Waals surface area contributed by atoms with Gasteiger partial charge in [-0.1, -0.05) is 45.9 Å². The maximum absolute atomic E-state index is 12.9. The first-order chi connectivity index (χ1) is 13.3. The number of hydrogen-bond acceptors (Lipinski definition) is 3. The Morgan fingerprint density at radius 2 is 1.36 bits per heavy atom. The number of hydrogen-bond donors (Lipinski definition) is 1. The minimum absolute atomic E-state index is 0.199. The fraction of sp³-hybridized carbons (Fsp3) is 0.348. The van der Waals surface area contributed by atoms with Gasteiger partial charge in [0.2, 0.25) is 11.8 Å². The van der Waals surface area contributed by atoms with E-state index in [2.05, 4.69) is 33.0 Å². The zero-order valence-corrected chi connectivity index (χ0v) is 16.8. The average Bonchev–Trinajstić information content (AvgIpc) is 3.00. The van der Waals surface area contributed by atoms with Gasteiger partial charge in [-0.3, -0.25) is 19.3 Å². The summed E-state index contributed by atoms with van der Waals surface area (Å²) in [6, 6.07) is 12.7. The van der Waals surface area contributed by atoms with Crippen LogP contribution in [0.1, 0.15) is 73.9 Å². The van der Waals surface area contributed by atoms with E-state index in [4.69, 9.17) is 0 Å². The van der Waals surface area contributed by atoms with Crippen LogP contribution in [0.2, 0.25) is 0 Å². The molecule has 0 spiro atoms. The Morgan fingerprint density at radius 3 is 1.82 bits per heavy atom. The first-order valence-corrected chi connectivity index (χ1v) is 9.69. The third-order valence-electron chi connectivity index (χ3n) is 5.05. The predicted molar refractivity (Wildman–Crippen MR) is 111 cm³/mol. The molecule has 1 aliphatic heterocycles. The molecule has 0 unspecified atom stereocenters. The van der Waals surface area contributed by atoms with Gasteiger partial charge in [0.25, 0.3) is 5.91 Å². The molecule has 0 saturated carbocycles. The van der Waals surface area contributed by atoms with Gasteiger partial charge in [-0.25, -0.2) is 0 Å². The second-order valence-electron chi connectivity index (χ2n) is 7.74. The summed E-state index contributed by atoms with van der Waals surface area (Å²) in [6.45, 7) is 8.42.